The SMILES string of the molecule is CCN(C)C=Nc1cc(C)c(C(=O)OCc2c(F)cccc2F)cc1C. The van der Waals surface area contributed by atoms with Gasteiger partial charge in [0.05, 0.1) is 23.2 Å². The summed E-state index contributed by atoms with van der Waals surface area (Å²) in [7, 11) is 1.92. The number of esters is 1. The number of hydrogen-bond donors (Lipinski definition) is 0. The molecule has 0 unspecified atom stereocenters. The molecule has 0 aliphatic heterocycles. The van der Waals surface area contributed by atoms with Crippen LogP contribution >= 0.6 is 0 Å². The number of aliphatic imine (C=N–C) groups is 1. The molecule has 0 atom stereocenters. The molecule has 26 heavy (non-hydrogen) atoms. The molecule has 0 radical (unpaired) electrons. The zero-order chi connectivity index (χ0) is 19.3. The zero-order valence-electron chi connectivity index (χ0n) is 15.3. The third-order valence-corrected chi connectivity index (χ3v) is 4.06. The fourth-order valence-electron chi connectivity index (χ4n) is 2.29. The van der Waals surface area contributed by atoms with Gasteiger partial charge in [0.2, 0.25) is 0 Å². The maximum absolute atomic E-state index is 13.6. The Morgan fingerprint density at radius 1 is 1.19 bits per heavy atom. The Hall–Kier alpha value is -2.76. The molecule has 2 aromatic rings. The van der Waals surface area contributed by atoms with Crippen LogP contribution in [0.1, 0.15) is 34.0 Å². The third-order valence-electron chi connectivity index (χ3n) is 4.06. The van der Waals surface area contributed by atoms with Gasteiger partial charge in [0.15, 0.2) is 0 Å². The molecule has 0 N–H and O–H groups in total. The number of halogens is 2. The molecule has 0 spiro atoms. The van der Waals surface area contributed by atoms with E-state index < -0.39 is 24.2 Å². The molecule has 0 saturated carbocycles. The number of nitrogens with zero attached hydrogens (tertiary/aromatic N) is 2. The molecule has 2 rings (SSSR count). The highest BCUT2D eigenvalue weighted by molar-refractivity contribution is 5.92. The quantitative estimate of drug-likeness (QED) is 0.431. The van der Waals surface area contributed by atoms with Gasteiger partial charge in [0.25, 0.3) is 0 Å². The normalized spacial score (nSPS) is 11.0. The van der Waals surface area contributed by atoms with Crippen molar-refractivity contribution in [1.29, 1.82) is 0 Å². The van der Waals surface area contributed by atoms with Crippen LogP contribution in [-0.2, 0) is 11.3 Å². The first-order valence-electron chi connectivity index (χ1n) is 8.29. The summed E-state index contributed by atoms with van der Waals surface area (Å²) in [6.07, 6.45) is 1.72. The molecule has 0 aliphatic carbocycles. The Bertz CT molecular complexity index is 815. The number of hydrogen-bond acceptors (Lipinski definition) is 3. The lowest BCUT2D eigenvalue weighted by molar-refractivity contribution is 0.0464. The number of carbonyl (C=O) groups is 1. The van der Waals surface area contributed by atoms with Crippen LogP contribution in [0.15, 0.2) is 35.3 Å². The lowest BCUT2D eigenvalue weighted by Crippen LogP contribution is -2.14. The van der Waals surface area contributed by atoms with Crippen LogP contribution in [-0.4, -0.2) is 30.8 Å². The Morgan fingerprint density at radius 3 is 2.46 bits per heavy atom. The van der Waals surface area contributed by atoms with E-state index in [1.165, 1.54) is 6.07 Å². The van der Waals surface area contributed by atoms with Crippen LogP contribution in [0.25, 0.3) is 0 Å². The van der Waals surface area contributed by atoms with Gasteiger partial charge in [-0.25, -0.2) is 18.6 Å². The van der Waals surface area contributed by atoms with Gasteiger partial charge in [-0.3, -0.25) is 0 Å². The van der Waals surface area contributed by atoms with Gasteiger partial charge in [-0.15, -0.1) is 0 Å². The Morgan fingerprint density at radius 2 is 1.85 bits per heavy atom. The molecule has 138 valence electrons. The molecule has 2 aromatic carbocycles. The van der Waals surface area contributed by atoms with E-state index in [9.17, 15) is 13.6 Å². The first-order chi connectivity index (χ1) is 12.3. The van der Waals surface area contributed by atoms with Crippen molar-refractivity contribution >= 4 is 18.0 Å². The molecule has 0 heterocycles. The van der Waals surface area contributed by atoms with E-state index in [1.54, 1.807) is 25.4 Å². The first-order valence-corrected chi connectivity index (χ1v) is 8.29. The number of aryl methyl sites for hydroxylation is 2. The molecule has 0 fully saturated rings. The predicted octanol–water partition coefficient (Wildman–Crippen LogP) is 4.55. The highest BCUT2D eigenvalue weighted by atomic mass is 19.1. The minimum atomic E-state index is -0.740. The molecular formula is C20H22F2N2O2. The Kier molecular flexibility index (Phi) is 6.44. The average Bonchev–Trinajstić information content (AvgIpc) is 2.61. The zero-order valence-corrected chi connectivity index (χ0v) is 15.3. The van der Waals surface area contributed by atoms with Gasteiger partial charge in [-0.1, -0.05) is 6.07 Å². The fourth-order valence-corrected chi connectivity index (χ4v) is 2.29. The minimum absolute atomic E-state index is 0.265. The summed E-state index contributed by atoms with van der Waals surface area (Å²) in [5.74, 6) is -2.11. The number of benzene rings is 2. The fraction of sp³-hybridized carbons (Fsp3) is 0.300. The largest absolute Gasteiger partial charge is 0.457 e. The topological polar surface area (TPSA) is 41.9 Å². The van der Waals surface area contributed by atoms with Gasteiger partial charge >= 0.3 is 5.97 Å². The molecular weight excluding hydrogens is 338 g/mol. The van der Waals surface area contributed by atoms with E-state index in [-0.39, 0.29) is 5.56 Å². The maximum Gasteiger partial charge on any atom is 0.338 e. The number of carbonyl (C=O) groups excluding carboxylic acids is 1. The van der Waals surface area contributed by atoms with E-state index in [0.29, 0.717) is 11.1 Å². The summed E-state index contributed by atoms with van der Waals surface area (Å²) >= 11 is 0. The summed E-state index contributed by atoms with van der Waals surface area (Å²) < 4.78 is 32.4. The number of rotatable bonds is 6. The van der Waals surface area contributed by atoms with Crippen LogP contribution in [0.2, 0.25) is 0 Å². The summed E-state index contributed by atoms with van der Waals surface area (Å²) in [6.45, 7) is 5.99. The average molecular weight is 360 g/mol. The van der Waals surface area contributed by atoms with Crippen molar-refractivity contribution in [1.82, 2.24) is 4.90 Å². The summed E-state index contributed by atoms with van der Waals surface area (Å²) in [4.78, 5) is 18.7. The van der Waals surface area contributed by atoms with Crippen LogP contribution in [0.3, 0.4) is 0 Å². The van der Waals surface area contributed by atoms with Gasteiger partial charge in [-0.05, 0) is 56.2 Å². The van der Waals surface area contributed by atoms with Gasteiger partial charge in [-0.2, -0.15) is 0 Å². The molecule has 4 nitrogen and oxygen atoms in total. The highest BCUT2D eigenvalue weighted by Gasteiger charge is 2.16. The second-order valence-corrected chi connectivity index (χ2v) is 6.05. The van der Waals surface area contributed by atoms with E-state index in [2.05, 4.69) is 4.99 Å². The number of ether oxygens (including phenoxy) is 1. The standard InChI is InChI=1S/C20H22F2N2O2/c1-5-24(4)12-23-19-10-13(2)15(9-14(19)3)20(25)26-11-16-17(21)7-6-8-18(16)22/h6-10,12H,5,11H2,1-4H3. The van der Waals surface area contributed by atoms with Crippen molar-refractivity contribution in [2.45, 2.75) is 27.4 Å². The Balaban J connectivity index is 2.17. The summed E-state index contributed by atoms with van der Waals surface area (Å²) in [5, 5.41) is 0. The maximum atomic E-state index is 13.6. The lowest BCUT2D eigenvalue weighted by Gasteiger charge is -2.12. The van der Waals surface area contributed by atoms with E-state index in [1.807, 2.05) is 25.8 Å². The third kappa shape index (κ3) is 4.65. The van der Waals surface area contributed by atoms with E-state index in [0.717, 1.165) is 29.9 Å². The molecule has 0 aliphatic rings. The summed E-state index contributed by atoms with van der Waals surface area (Å²) in [5.41, 5.74) is 2.32. The van der Waals surface area contributed by atoms with E-state index in [4.69, 9.17) is 4.74 Å². The van der Waals surface area contributed by atoms with Crippen molar-refractivity contribution in [3.8, 4) is 0 Å². The molecule has 0 bridgehead atoms. The van der Waals surface area contributed by atoms with Crippen molar-refractivity contribution in [3.05, 3.63) is 64.2 Å². The smallest absolute Gasteiger partial charge is 0.338 e. The van der Waals surface area contributed by atoms with Crippen molar-refractivity contribution in [2.75, 3.05) is 13.6 Å². The molecule has 6 heteroatoms. The van der Waals surface area contributed by atoms with Gasteiger partial charge in [0, 0.05) is 13.6 Å². The lowest BCUT2D eigenvalue weighted by atomic mass is 10.0. The van der Waals surface area contributed by atoms with Crippen LogP contribution in [0.5, 0.6) is 0 Å². The minimum Gasteiger partial charge on any atom is -0.457 e. The van der Waals surface area contributed by atoms with Gasteiger partial charge < -0.3 is 9.64 Å². The van der Waals surface area contributed by atoms with Crippen LogP contribution < -0.4 is 0 Å². The summed E-state index contributed by atoms with van der Waals surface area (Å²) in [6, 6.07) is 6.98. The van der Waals surface area contributed by atoms with Crippen molar-refractivity contribution in [2.24, 2.45) is 4.99 Å². The first kappa shape index (κ1) is 19.6. The second-order valence-electron chi connectivity index (χ2n) is 6.05. The Labute approximate surface area is 152 Å². The molecule has 0 saturated heterocycles. The van der Waals surface area contributed by atoms with Crippen LogP contribution in [0.4, 0.5) is 14.5 Å². The predicted molar refractivity (Wildman–Crippen MR) is 97.8 cm³/mol. The molecule has 0 amide bonds. The van der Waals surface area contributed by atoms with E-state index >= 15 is 0 Å². The molecule has 0 aromatic heterocycles. The second kappa shape index (κ2) is 8.56. The van der Waals surface area contributed by atoms with Crippen molar-refractivity contribution in [3.63, 3.8) is 0 Å². The van der Waals surface area contributed by atoms with Gasteiger partial charge in [0.1, 0.15) is 18.2 Å². The monoisotopic (exact) mass is 360 g/mol. The highest BCUT2D eigenvalue weighted by Crippen LogP contribution is 2.24. The van der Waals surface area contributed by atoms with Crippen LogP contribution in [0, 0.1) is 25.5 Å². The van der Waals surface area contributed by atoms with Crippen molar-refractivity contribution < 1.29 is 18.3 Å².